The van der Waals surface area contributed by atoms with Crippen LogP contribution in [-0.2, 0) is 14.8 Å². The Morgan fingerprint density at radius 2 is 1.67 bits per heavy atom. The second-order valence-electron chi connectivity index (χ2n) is 8.87. The minimum atomic E-state index is -4.00. The van der Waals surface area contributed by atoms with Crippen LogP contribution in [0.4, 0.5) is 11.4 Å². The van der Waals surface area contributed by atoms with Gasteiger partial charge in [-0.25, -0.2) is 13.4 Å². The Kier molecular flexibility index (Phi) is 7.63. The summed E-state index contributed by atoms with van der Waals surface area (Å²) in [5, 5.41) is 3.72. The molecule has 5 rings (SSSR count). The lowest BCUT2D eigenvalue weighted by Crippen LogP contribution is -2.38. The molecule has 0 fully saturated rings. The van der Waals surface area contributed by atoms with Crippen LogP contribution in [0.15, 0.2) is 102 Å². The Bertz CT molecular complexity index is 1700. The first-order valence-corrected chi connectivity index (χ1v) is 14.7. The quantitative estimate of drug-likeness (QED) is 0.223. The number of aromatic nitrogens is 1. The third-order valence-corrected chi connectivity index (χ3v) is 8.87. The van der Waals surface area contributed by atoms with Crippen molar-refractivity contribution in [2.45, 2.75) is 18.7 Å². The molecule has 4 aromatic carbocycles. The molecule has 1 N–H and O–H groups in total. The van der Waals surface area contributed by atoms with Crippen LogP contribution in [-0.4, -0.2) is 32.5 Å². The van der Waals surface area contributed by atoms with Crippen molar-refractivity contribution in [2.24, 2.45) is 0 Å². The van der Waals surface area contributed by atoms with Gasteiger partial charge in [-0.05, 0) is 92.2 Å². The van der Waals surface area contributed by atoms with Crippen LogP contribution in [0.5, 0.6) is 5.75 Å². The lowest BCUT2D eigenvalue weighted by Gasteiger charge is -2.24. The number of rotatable bonds is 9. The maximum absolute atomic E-state index is 13.5. The molecule has 0 spiro atoms. The zero-order chi connectivity index (χ0) is 27.4. The molecule has 5 aromatic rings. The van der Waals surface area contributed by atoms with Crippen LogP contribution in [0.1, 0.15) is 12.5 Å². The zero-order valence-electron chi connectivity index (χ0n) is 21.5. The lowest BCUT2D eigenvalue weighted by atomic mass is 10.2. The van der Waals surface area contributed by atoms with Gasteiger partial charge in [0.25, 0.3) is 10.0 Å². The number of hydrogen-bond acceptors (Lipinski definition) is 6. The standard InChI is InChI=1S/C30H27N3O4S2/c1-3-37-25-16-14-24(15-17-25)33(39(35,36)26-7-5-4-6-8-26)20-29(34)31-23-12-10-22(11-13-23)30-32-27-18-9-21(2)19-28(27)38-30/h4-19H,3,20H2,1-2H3,(H,31,34). The zero-order valence-corrected chi connectivity index (χ0v) is 23.1. The number of carbonyl (C=O) groups excluding carboxylic acids is 1. The molecule has 7 nitrogen and oxygen atoms in total. The monoisotopic (exact) mass is 557 g/mol. The topological polar surface area (TPSA) is 88.6 Å². The van der Waals surface area contributed by atoms with Crippen molar-refractivity contribution in [2.75, 3.05) is 22.8 Å². The summed E-state index contributed by atoms with van der Waals surface area (Å²) in [5.74, 6) is 0.151. The van der Waals surface area contributed by atoms with Gasteiger partial charge in [0.1, 0.15) is 17.3 Å². The fourth-order valence-electron chi connectivity index (χ4n) is 4.09. The summed E-state index contributed by atoms with van der Waals surface area (Å²) in [6.45, 7) is 4.02. The van der Waals surface area contributed by atoms with E-state index in [2.05, 4.69) is 18.3 Å². The molecule has 0 aliphatic rings. The van der Waals surface area contributed by atoms with E-state index >= 15 is 0 Å². The minimum absolute atomic E-state index is 0.0991. The first kappa shape index (κ1) is 26.4. The van der Waals surface area contributed by atoms with Gasteiger partial charge in [-0.3, -0.25) is 9.10 Å². The number of nitrogens with zero attached hydrogens (tertiary/aromatic N) is 2. The van der Waals surface area contributed by atoms with Crippen LogP contribution in [0.2, 0.25) is 0 Å². The molecule has 1 amide bonds. The highest BCUT2D eigenvalue weighted by Gasteiger charge is 2.27. The number of benzene rings is 4. The minimum Gasteiger partial charge on any atom is -0.494 e. The third-order valence-electron chi connectivity index (χ3n) is 6.01. The molecule has 0 saturated carbocycles. The van der Waals surface area contributed by atoms with Crippen molar-refractivity contribution in [1.29, 1.82) is 0 Å². The molecule has 198 valence electrons. The molecule has 0 unspecified atom stereocenters. The van der Waals surface area contributed by atoms with E-state index in [0.717, 1.165) is 25.1 Å². The van der Waals surface area contributed by atoms with Gasteiger partial charge in [-0.2, -0.15) is 0 Å². The van der Waals surface area contributed by atoms with Gasteiger partial charge >= 0.3 is 0 Å². The van der Waals surface area contributed by atoms with Gasteiger partial charge in [0.2, 0.25) is 5.91 Å². The number of hydrogen-bond donors (Lipinski definition) is 1. The summed E-state index contributed by atoms with van der Waals surface area (Å²) in [6.07, 6.45) is 0. The number of anilines is 2. The number of nitrogens with one attached hydrogen (secondary N) is 1. The number of thiazole rings is 1. The number of amides is 1. The average molecular weight is 558 g/mol. The molecule has 1 aromatic heterocycles. The van der Waals surface area contributed by atoms with Gasteiger partial charge in [-0.1, -0.05) is 24.3 Å². The van der Waals surface area contributed by atoms with E-state index in [1.54, 1.807) is 65.9 Å². The Balaban J connectivity index is 1.36. The maximum Gasteiger partial charge on any atom is 0.264 e. The number of fused-ring (bicyclic) bond motifs is 1. The second-order valence-corrected chi connectivity index (χ2v) is 11.8. The highest BCUT2D eigenvalue weighted by Crippen LogP contribution is 2.31. The second kappa shape index (κ2) is 11.3. The third kappa shape index (κ3) is 5.94. The molecular formula is C30H27N3O4S2. The normalized spacial score (nSPS) is 11.3. The summed E-state index contributed by atoms with van der Waals surface area (Å²) in [6, 6.07) is 28.2. The molecule has 0 bridgehead atoms. The first-order chi connectivity index (χ1) is 18.8. The predicted octanol–water partition coefficient (Wildman–Crippen LogP) is 6.50. The van der Waals surface area contributed by atoms with Crippen molar-refractivity contribution in [1.82, 2.24) is 4.98 Å². The Hall–Kier alpha value is -4.21. The molecule has 0 radical (unpaired) electrons. The van der Waals surface area contributed by atoms with Gasteiger partial charge < -0.3 is 10.1 Å². The Morgan fingerprint density at radius 1 is 0.949 bits per heavy atom. The van der Waals surface area contributed by atoms with E-state index in [-0.39, 0.29) is 4.90 Å². The SMILES string of the molecule is CCOc1ccc(N(CC(=O)Nc2ccc(-c3nc4ccc(C)cc4s3)cc2)S(=O)(=O)c2ccccc2)cc1. The molecule has 0 atom stereocenters. The molecule has 0 aliphatic heterocycles. The molecule has 9 heteroatoms. The summed E-state index contributed by atoms with van der Waals surface area (Å²) >= 11 is 1.61. The van der Waals surface area contributed by atoms with Crippen molar-refractivity contribution >= 4 is 48.9 Å². The fraction of sp³-hybridized carbons (Fsp3) is 0.133. The van der Waals surface area contributed by atoms with E-state index in [0.29, 0.717) is 23.7 Å². The summed E-state index contributed by atoms with van der Waals surface area (Å²) < 4.78 is 34.8. The highest BCUT2D eigenvalue weighted by molar-refractivity contribution is 7.92. The van der Waals surface area contributed by atoms with Gasteiger partial charge in [0.15, 0.2) is 0 Å². The molecule has 0 aliphatic carbocycles. The number of aryl methyl sites for hydroxylation is 1. The first-order valence-electron chi connectivity index (χ1n) is 12.4. The largest absolute Gasteiger partial charge is 0.494 e. The van der Waals surface area contributed by atoms with Crippen LogP contribution >= 0.6 is 11.3 Å². The van der Waals surface area contributed by atoms with E-state index in [9.17, 15) is 13.2 Å². The van der Waals surface area contributed by atoms with Crippen molar-refractivity contribution in [3.05, 3.63) is 103 Å². The van der Waals surface area contributed by atoms with Gasteiger partial charge in [0.05, 0.1) is 27.4 Å². The maximum atomic E-state index is 13.5. The Labute approximate surface area is 231 Å². The van der Waals surface area contributed by atoms with E-state index in [4.69, 9.17) is 9.72 Å². The van der Waals surface area contributed by atoms with Crippen LogP contribution in [0.3, 0.4) is 0 Å². The number of sulfonamides is 1. The smallest absolute Gasteiger partial charge is 0.264 e. The van der Waals surface area contributed by atoms with Gasteiger partial charge in [0, 0.05) is 11.3 Å². The fourth-order valence-corrected chi connectivity index (χ4v) is 6.60. The van der Waals surface area contributed by atoms with Crippen molar-refractivity contribution in [3.8, 4) is 16.3 Å². The molecule has 1 heterocycles. The summed E-state index contributed by atoms with van der Waals surface area (Å²) in [5.41, 5.74) is 3.99. The molecular weight excluding hydrogens is 530 g/mol. The lowest BCUT2D eigenvalue weighted by molar-refractivity contribution is -0.114. The number of carbonyl (C=O) groups is 1. The van der Waals surface area contributed by atoms with Crippen LogP contribution in [0, 0.1) is 6.92 Å². The highest BCUT2D eigenvalue weighted by atomic mass is 32.2. The van der Waals surface area contributed by atoms with Crippen molar-refractivity contribution < 1.29 is 17.9 Å². The van der Waals surface area contributed by atoms with Gasteiger partial charge in [-0.15, -0.1) is 11.3 Å². The van der Waals surface area contributed by atoms with E-state index in [1.807, 2.05) is 31.2 Å². The van der Waals surface area contributed by atoms with E-state index in [1.165, 1.54) is 17.7 Å². The summed E-state index contributed by atoms with van der Waals surface area (Å²) in [7, 11) is -4.00. The number of ether oxygens (including phenoxy) is 1. The van der Waals surface area contributed by atoms with E-state index < -0.39 is 22.5 Å². The molecule has 39 heavy (non-hydrogen) atoms. The van der Waals surface area contributed by atoms with Crippen molar-refractivity contribution in [3.63, 3.8) is 0 Å². The Morgan fingerprint density at radius 3 is 2.36 bits per heavy atom. The van der Waals surface area contributed by atoms with Crippen LogP contribution in [0.25, 0.3) is 20.8 Å². The predicted molar refractivity (Wildman–Crippen MR) is 157 cm³/mol. The molecule has 0 saturated heterocycles. The van der Waals surface area contributed by atoms with Crippen LogP contribution < -0.4 is 14.4 Å². The summed E-state index contributed by atoms with van der Waals surface area (Å²) in [4.78, 5) is 17.9. The average Bonchev–Trinajstić information content (AvgIpc) is 3.36.